The van der Waals surface area contributed by atoms with Crippen LogP contribution in [0.25, 0.3) is 0 Å². The van der Waals surface area contributed by atoms with Gasteiger partial charge in [0.15, 0.2) is 5.92 Å². The van der Waals surface area contributed by atoms with Gasteiger partial charge < -0.3 is 0 Å². The molecule has 0 unspecified atom stereocenters. The van der Waals surface area contributed by atoms with E-state index in [0.29, 0.717) is 11.9 Å². The lowest BCUT2D eigenvalue weighted by molar-refractivity contribution is -0.132. The van der Waals surface area contributed by atoms with E-state index in [0.717, 1.165) is 0 Å². The predicted molar refractivity (Wildman–Crippen MR) is 52.3 cm³/mol. The first-order valence-corrected chi connectivity index (χ1v) is 4.99. The van der Waals surface area contributed by atoms with Gasteiger partial charge in [-0.2, -0.15) is 0 Å². The molecular weight excluding hydrogens is 254 g/mol. The van der Waals surface area contributed by atoms with Gasteiger partial charge in [0.1, 0.15) is 0 Å². The Morgan fingerprint density at radius 2 is 1.86 bits per heavy atom. The number of carbonyl (C=O) groups is 3. The molecule has 1 heterocycles. The standard InChI is InChI=1S/C7H8BrN3O3/c8-1-2-9-3-4-5(12)10-7(14)11-6(4)13/h3-4H,1-2H2,(H2,10,11,12,13,14). The summed E-state index contributed by atoms with van der Waals surface area (Å²) in [7, 11) is 0. The van der Waals surface area contributed by atoms with Crippen molar-refractivity contribution in [2.24, 2.45) is 10.9 Å². The number of urea groups is 1. The van der Waals surface area contributed by atoms with E-state index < -0.39 is 23.8 Å². The van der Waals surface area contributed by atoms with E-state index in [4.69, 9.17) is 0 Å². The highest BCUT2D eigenvalue weighted by Gasteiger charge is 2.32. The average Bonchev–Trinajstić information content (AvgIpc) is 2.09. The Balaban J connectivity index is 2.63. The lowest BCUT2D eigenvalue weighted by Gasteiger charge is -2.16. The van der Waals surface area contributed by atoms with E-state index in [1.54, 1.807) is 0 Å². The van der Waals surface area contributed by atoms with Gasteiger partial charge in [-0.3, -0.25) is 25.2 Å². The molecule has 1 fully saturated rings. The van der Waals surface area contributed by atoms with Crippen molar-refractivity contribution in [2.75, 3.05) is 11.9 Å². The molecule has 0 atom stereocenters. The highest BCUT2D eigenvalue weighted by Crippen LogP contribution is 1.98. The highest BCUT2D eigenvalue weighted by atomic mass is 79.9. The van der Waals surface area contributed by atoms with Crippen LogP contribution in [0.3, 0.4) is 0 Å². The third-order valence-electron chi connectivity index (χ3n) is 1.51. The minimum absolute atomic E-state index is 0.477. The van der Waals surface area contributed by atoms with Gasteiger partial charge in [-0.1, -0.05) is 15.9 Å². The van der Waals surface area contributed by atoms with Crippen LogP contribution in [-0.2, 0) is 9.59 Å². The number of hydrogen-bond donors (Lipinski definition) is 2. The van der Waals surface area contributed by atoms with E-state index in [1.807, 2.05) is 10.6 Å². The van der Waals surface area contributed by atoms with Crippen molar-refractivity contribution < 1.29 is 14.4 Å². The number of rotatable bonds is 3. The SMILES string of the molecule is O=C1NC(=O)C(C=NCCBr)C(=O)N1. The maximum atomic E-state index is 11.1. The Kier molecular flexibility index (Phi) is 3.75. The van der Waals surface area contributed by atoms with Gasteiger partial charge in [-0.05, 0) is 0 Å². The number of aliphatic imine (C=N–C) groups is 1. The van der Waals surface area contributed by atoms with Crippen molar-refractivity contribution in [2.45, 2.75) is 0 Å². The molecule has 0 aromatic rings. The first-order valence-electron chi connectivity index (χ1n) is 3.86. The molecule has 0 bridgehead atoms. The predicted octanol–water partition coefficient (Wildman–Crippen LogP) is -0.566. The molecule has 6 nitrogen and oxygen atoms in total. The minimum atomic E-state index is -1.01. The van der Waals surface area contributed by atoms with Gasteiger partial charge in [0.25, 0.3) is 0 Å². The molecule has 76 valence electrons. The third-order valence-corrected chi connectivity index (χ3v) is 1.86. The van der Waals surface area contributed by atoms with E-state index in [-0.39, 0.29) is 0 Å². The molecular formula is C7H8BrN3O3. The van der Waals surface area contributed by atoms with Gasteiger partial charge in [0.05, 0.1) is 0 Å². The summed E-state index contributed by atoms with van der Waals surface area (Å²) in [6.07, 6.45) is 1.23. The van der Waals surface area contributed by atoms with Crippen LogP contribution in [-0.4, -0.2) is 35.9 Å². The summed E-state index contributed by atoms with van der Waals surface area (Å²) >= 11 is 3.15. The fourth-order valence-corrected chi connectivity index (χ4v) is 1.10. The van der Waals surface area contributed by atoms with Crippen molar-refractivity contribution in [3.05, 3.63) is 0 Å². The quantitative estimate of drug-likeness (QED) is 0.406. The Hall–Kier alpha value is -1.24. The number of nitrogens with one attached hydrogen (secondary N) is 2. The molecule has 14 heavy (non-hydrogen) atoms. The molecule has 0 radical (unpaired) electrons. The summed E-state index contributed by atoms with van der Waals surface area (Å²) in [5.74, 6) is -2.29. The maximum absolute atomic E-state index is 11.1. The van der Waals surface area contributed by atoms with E-state index in [1.165, 1.54) is 6.21 Å². The number of carbonyl (C=O) groups excluding carboxylic acids is 3. The van der Waals surface area contributed by atoms with Gasteiger partial charge in [-0.25, -0.2) is 4.79 Å². The molecule has 2 N–H and O–H groups in total. The lowest BCUT2D eigenvalue weighted by atomic mass is 10.1. The second-order valence-corrected chi connectivity index (χ2v) is 3.32. The fourth-order valence-electron chi connectivity index (χ4n) is 0.894. The van der Waals surface area contributed by atoms with Crippen LogP contribution in [0.15, 0.2) is 4.99 Å². The number of nitrogens with zero attached hydrogens (tertiary/aromatic N) is 1. The smallest absolute Gasteiger partial charge is 0.295 e. The van der Waals surface area contributed by atoms with E-state index >= 15 is 0 Å². The summed E-state index contributed by atoms with van der Waals surface area (Å²) in [5.41, 5.74) is 0. The number of amides is 4. The molecule has 0 saturated carbocycles. The number of alkyl halides is 1. The Labute approximate surface area is 88.3 Å². The molecule has 7 heteroatoms. The zero-order valence-corrected chi connectivity index (χ0v) is 8.70. The van der Waals surface area contributed by atoms with Crippen LogP contribution in [0.4, 0.5) is 4.79 Å². The summed E-state index contributed by atoms with van der Waals surface area (Å²) < 4.78 is 0. The fraction of sp³-hybridized carbons (Fsp3) is 0.429. The third kappa shape index (κ3) is 2.63. The molecule has 1 aliphatic rings. The van der Waals surface area contributed by atoms with Crippen molar-refractivity contribution in [3.8, 4) is 0 Å². The Bertz CT molecular complexity index is 283. The van der Waals surface area contributed by atoms with Crippen molar-refractivity contribution >= 4 is 40.0 Å². The van der Waals surface area contributed by atoms with Gasteiger partial charge in [-0.15, -0.1) is 0 Å². The van der Waals surface area contributed by atoms with Crippen LogP contribution in [0.2, 0.25) is 0 Å². The minimum Gasteiger partial charge on any atom is -0.295 e. The average molecular weight is 262 g/mol. The second-order valence-electron chi connectivity index (χ2n) is 2.53. The normalized spacial score (nSPS) is 18.5. The molecule has 0 aromatic carbocycles. The summed E-state index contributed by atoms with van der Waals surface area (Å²) in [5, 5.41) is 4.60. The highest BCUT2D eigenvalue weighted by molar-refractivity contribution is 9.09. The van der Waals surface area contributed by atoms with Gasteiger partial charge in [0, 0.05) is 18.1 Å². The number of hydrogen-bond acceptors (Lipinski definition) is 4. The summed E-state index contributed by atoms with van der Waals surface area (Å²) in [4.78, 5) is 36.7. The van der Waals surface area contributed by atoms with Crippen LogP contribution < -0.4 is 10.6 Å². The van der Waals surface area contributed by atoms with Crippen LogP contribution in [0, 0.1) is 5.92 Å². The van der Waals surface area contributed by atoms with E-state index in [9.17, 15) is 14.4 Å². The Morgan fingerprint density at radius 1 is 1.29 bits per heavy atom. The van der Waals surface area contributed by atoms with Crippen molar-refractivity contribution in [1.29, 1.82) is 0 Å². The van der Waals surface area contributed by atoms with Gasteiger partial charge in [0.2, 0.25) is 11.8 Å². The molecule has 4 amide bonds. The first kappa shape index (κ1) is 10.8. The summed E-state index contributed by atoms with van der Waals surface area (Å²) in [6.45, 7) is 0.477. The van der Waals surface area contributed by atoms with E-state index in [2.05, 4.69) is 20.9 Å². The van der Waals surface area contributed by atoms with Crippen LogP contribution >= 0.6 is 15.9 Å². The maximum Gasteiger partial charge on any atom is 0.328 e. The van der Waals surface area contributed by atoms with Crippen LogP contribution in [0.5, 0.6) is 0 Å². The molecule has 0 spiro atoms. The Morgan fingerprint density at radius 3 is 2.36 bits per heavy atom. The zero-order chi connectivity index (χ0) is 10.6. The largest absolute Gasteiger partial charge is 0.328 e. The van der Waals surface area contributed by atoms with Crippen molar-refractivity contribution in [1.82, 2.24) is 10.6 Å². The second kappa shape index (κ2) is 4.85. The summed E-state index contributed by atoms with van der Waals surface area (Å²) in [6, 6.07) is -0.787. The monoisotopic (exact) mass is 261 g/mol. The molecule has 1 saturated heterocycles. The number of imide groups is 2. The number of barbiturate groups is 1. The molecule has 1 aliphatic heterocycles. The zero-order valence-electron chi connectivity index (χ0n) is 7.12. The topological polar surface area (TPSA) is 87.6 Å². The van der Waals surface area contributed by atoms with Gasteiger partial charge >= 0.3 is 6.03 Å². The first-order chi connectivity index (χ1) is 6.65. The molecule has 0 aromatic heterocycles. The molecule has 0 aliphatic carbocycles. The van der Waals surface area contributed by atoms with Crippen LogP contribution in [0.1, 0.15) is 0 Å². The van der Waals surface area contributed by atoms with Crippen molar-refractivity contribution in [3.63, 3.8) is 0 Å². The number of halogens is 1. The molecule has 1 rings (SSSR count). The lowest BCUT2D eigenvalue weighted by Crippen LogP contribution is -2.56.